The fourth-order valence-electron chi connectivity index (χ4n) is 2.04. The second-order valence-electron chi connectivity index (χ2n) is 3.94. The van der Waals surface area contributed by atoms with Gasteiger partial charge in [0.05, 0.1) is 13.2 Å². The largest absolute Gasteiger partial charge is 0.477 e. The molecular formula is C13H10O3S. The first kappa shape index (κ1) is 10.5. The van der Waals surface area contributed by atoms with Crippen LogP contribution >= 0.6 is 11.3 Å². The van der Waals surface area contributed by atoms with Crippen molar-refractivity contribution in [3.8, 4) is 11.1 Å². The van der Waals surface area contributed by atoms with E-state index in [1.165, 1.54) is 16.9 Å². The molecule has 86 valence electrons. The van der Waals surface area contributed by atoms with Crippen molar-refractivity contribution in [2.24, 2.45) is 0 Å². The highest BCUT2D eigenvalue weighted by molar-refractivity contribution is 7.12. The van der Waals surface area contributed by atoms with Crippen LogP contribution in [0.1, 0.15) is 20.8 Å². The summed E-state index contributed by atoms with van der Waals surface area (Å²) in [6, 6.07) is 7.85. The van der Waals surface area contributed by atoms with Crippen LogP contribution in [0.4, 0.5) is 0 Å². The molecule has 2 heterocycles. The number of benzene rings is 1. The van der Waals surface area contributed by atoms with Crippen LogP contribution in [-0.4, -0.2) is 11.1 Å². The van der Waals surface area contributed by atoms with E-state index in [9.17, 15) is 4.79 Å². The Morgan fingerprint density at radius 1 is 1.24 bits per heavy atom. The zero-order chi connectivity index (χ0) is 11.8. The highest BCUT2D eigenvalue weighted by Crippen LogP contribution is 2.31. The summed E-state index contributed by atoms with van der Waals surface area (Å²) >= 11 is 1.25. The van der Waals surface area contributed by atoms with E-state index in [0.717, 1.165) is 16.7 Å². The zero-order valence-electron chi connectivity index (χ0n) is 8.97. The molecule has 0 atom stereocenters. The number of hydrogen-bond acceptors (Lipinski definition) is 3. The Labute approximate surface area is 102 Å². The van der Waals surface area contributed by atoms with Crippen molar-refractivity contribution >= 4 is 17.3 Å². The summed E-state index contributed by atoms with van der Waals surface area (Å²) in [4.78, 5) is 11.5. The van der Waals surface area contributed by atoms with Crippen molar-refractivity contribution < 1.29 is 14.6 Å². The number of hydrogen-bond donors (Lipinski definition) is 1. The molecule has 1 aromatic carbocycles. The van der Waals surface area contributed by atoms with Crippen LogP contribution in [0.25, 0.3) is 11.1 Å². The van der Waals surface area contributed by atoms with Crippen molar-refractivity contribution in [3.63, 3.8) is 0 Å². The molecule has 0 fully saturated rings. The molecular weight excluding hydrogens is 236 g/mol. The van der Waals surface area contributed by atoms with Crippen molar-refractivity contribution in [1.82, 2.24) is 0 Å². The third-order valence-corrected chi connectivity index (χ3v) is 3.79. The van der Waals surface area contributed by atoms with E-state index in [1.807, 2.05) is 29.6 Å². The van der Waals surface area contributed by atoms with E-state index in [-0.39, 0.29) is 0 Å². The fourth-order valence-corrected chi connectivity index (χ4v) is 2.80. The second kappa shape index (κ2) is 3.98. The average Bonchev–Trinajstić information content (AvgIpc) is 2.96. The lowest BCUT2D eigenvalue weighted by Crippen LogP contribution is -1.95. The molecule has 0 amide bonds. The highest BCUT2D eigenvalue weighted by Gasteiger charge is 2.16. The summed E-state index contributed by atoms with van der Waals surface area (Å²) in [6.45, 7) is 1.28. The first-order valence-electron chi connectivity index (χ1n) is 5.26. The molecule has 17 heavy (non-hydrogen) atoms. The standard InChI is InChI=1S/C13H10O3S/c14-13(15)12-11(3-4-17-12)8-1-2-9-6-16-7-10(9)5-8/h1-5H,6-7H2,(H,14,15). The normalized spacial score (nSPS) is 13.6. The van der Waals surface area contributed by atoms with Gasteiger partial charge >= 0.3 is 5.97 Å². The third-order valence-electron chi connectivity index (χ3n) is 2.89. The topological polar surface area (TPSA) is 46.5 Å². The van der Waals surface area contributed by atoms with Gasteiger partial charge in [0.1, 0.15) is 4.88 Å². The fraction of sp³-hybridized carbons (Fsp3) is 0.154. The van der Waals surface area contributed by atoms with Crippen molar-refractivity contribution in [2.75, 3.05) is 0 Å². The molecule has 0 aliphatic carbocycles. The van der Waals surface area contributed by atoms with Gasteiger partial charge in [0, 0.05) is 5.56 Å². The quantitative estimate of drug-likeness (QED) is 0.885. The van der Waals surface area contributed by atoms with Gasteiger partial charge in [-0.1, -0.05) is 12.1 Å². The van der Waals surface area contributed by atoms with Gasteiger partial charge in [0.25, 0.3) is 0 Å². The zero-order valence-corrected chi connectivity index (χ0v) is 9.79. The number of aromatic carboxylic acids is 1. The van der Waals surface area contributed by atoms with Gasteiger partial charge in [-0.05, 0) is 34.2 Å². The average molecular weight is 246 g/mol. The molecule has 4 heteroatoms. The Hall–Kier alpha value is -1.65. The van der Waals surface area contributed by atoms with E-state index in [2.05, 4.69) is 0 Å². The smallest absolute Gasteiger partial charge is 0.346 e. The maximum atomic E-state index is 11.1. The maximum absolute atomic E-state index is 11.1. The summed E-state index contributed by atoms with van der Waals surface area (Å²) in [5.74, 6) is -0.869. The monoisotopic (exact) mass is 246 g/mol. The summed E-state index contributed by atoms with van der Waals surface area (Å²) in [5, 5.41) is 10.9. The van der Waals surface area contributed by atoms with Gasteiger partial charge in [-0.15, -0.1) is 11.3 Å². The van der Waals surface area contributed by atoms with Crippen molar-refractivity contribution in [3.05, 3.63) is 45.6 Å². The molecule has 0 spiro atoms. The third kappa shape index (κ3) is 1.75. The SMILES string of the molecule is O=C(O)c1sccc1-c1ccc2c(c1)COC2. The number of carboxylic acids is 1. The Bertz CT molecular complexity index is 586. The number of fused-ring (bicyclic) bond motifs is 1. The number of rotatable bonds is 2. The molecule has 0 saturated carbocycles. The van der Waals surface area contributed by atoms with Gasteiger partial charge < -0.3 is 9.84 Å². The minimum absolute atomic E-state index is 0.392. The van der Waals surface area contributed by atoms with Crippen LogP contribution < -0.4 is 0 Å². The lowest BCUT2D eigenvalue weighted by Gasteiger charge is -2.03. The number of carbonyl (C=O) groups is 1. The Balaban J connectivity index is 2.09. The molecule has 0 saturated heterocycles. The minimum Gasteiger partial charge on any atom is -0.477 e. The number of thiophene rings is 1. The number of ether oxygens (including phenoxy) is 1. The summed E-state index contributed by atoms with van der Waals surface area (Å²) in [6.07, 6.45) is 0. The van der Waals surface area contributed by atoms with Gasteiger partial charge in [0.2, 0.25) is 0 Å². The van der Waals surface area contributed by atoms with E-state index in [0.29, 0.717) is 18.1 Å². The van der Waals surface area contributed by atoms with Crippen LogP contribution in [0.3, 0.4) is 0 Å². The molecule has 1 N–H and O–H groups in total. The predicted molar refractivity (Wildman–Crippen MR) is 65.2 cm³/mol. The van der Waals surface area contributed by atoms with E-state index >= 15 is 0 Å². The molecule has 0 unspecified atom stereocenters. The molecule has 3 rings (SSSR count). The lowest BCUT2D eigenvalue weighted by atomic mass is 10.0. The van der Waals surface area contributed by atoms with Crippen molar-refractivity contribution in [1.29, 1.82) is 0 Å². The Kier molecular flexibility index (Phi) is 2.46. The second-order valence-corrected chi connectivity index (χ2v) is 4.86. The molecule has 2 aromatic rings. The van der Waals surface area contributed by atoms with Crippen LogP contribution in [0.2, 0.25) is 0 Å². The summed E-state index contributed by atoms with van der Waals surface area (Å²) in [5.41, 5.74) is 4.09. The van der Waals surface area contributed by atoms with Crippen LogP contribution in [0.5, 0.6) is 0 Å². The molecule has 1 aliphatic heterocycles. The molecule has 1 aromatic heterocycles. The minimum atomic E-state index is -0.869. The van der Waals surface area contributed by atoms with Crippen molar-refractivity contribution in [2.45, 2.75) is 13.2 Å². The molecule has 3 nitrogen and oxygen atoms in total. The molecule has 0 bridgehead atoms. The number of carboxylic acid groups (broad SMARTS) is 1. The Morgan fingerprint density at radius 2 is 2.06 bits per heavy atom. The van der Waals surface area contributed by atoms with Crippen LogP contribution in [0, 0.1) is 0 Å². The van der Waals surface area contributed by atoms with Crippen LogP contribution in [-0.2, 0) is 18.0 Å². The molecule has 1 aliphatic rings. The highest BCUT2D eigenvalue weighted by atomic mass is 32.1. The Morgan fingerprint density at radius 3 is 2.88 bits per heavy atom. The summed E-state index contributed by atoms with van der Waals surface area (Å²) in [7, 11) is 0. The maximum Gasteiger partial charge on any atom is 0.346 e. The van der Waals surface area contributed by atoms with Gasteiger partial charge in [-0.2, -0.15) is 0 Å². The molecule has 0 radical (unpaired) electrons. The first-order valence-corrected chi connectivity index (χ1v) is 6.14. The van der Waals surface area contributed by atoms with Gasteiger partial charge in [0.15, 0.2) is 0 Å². The lowest BCUT2D eigenvalue weighted by molar-refractivity contribution is 0.0703. The van der Waals surface area contributed by atoms with Crippen LogP contribution in [0.15, 0.2) is 29.6 Å². The van der Waals surface area contributed by atoms with E-state index in [4.69, 9.17) is 9.84 Å². The van der Waals surface area contributed by atoms with Gasteiger partial charge in [-0.3, -0.25) is 0 Å². The van der Waals surface area contributed by atoms with E-state index < -0.39 is 5.97 Å². The van der Waals surface area contributed by atoms with Gasteiger partial charge in [-0.25, -0.2) is 4.79 Å². The van der Waals surface area contributed by atoms with E-state index in [1.54, 1.807) is 0 Å². The summed E-state index contributed by atoms with van der Waals surface area (Å²) < 4.78 is 5.35. The predicted octanol–water partition coefficient (Wildman–Crippen LogP) is 3.14. The first-order chi connectivity index (χ1) is 8.25.